The van der Waals surface area contributed by atoms with Crippen molar-refractivity contribution in [2.24, 2.45) is 0 Å². The van der Waals surface area contributed by atoms with Gasteiger partial charge in [0.1, 0.15) is 10.5 Å². The van der Waals surface area contributed by atoms with Crippen molar-refractivity contribution in [3.63, 3.8) is 0 Å². The van der Waals surface area contributed by atoms with Gasteiger partial charge < -0.3 is 14.7 Å². The van der Waals surface area contributed by atoms with Gasteiger partial charge in [-0.05, 0) is 43.4 Å². The summed E-state index contributed by atoms with van der Waals surface area (Å²) in [6, 6.07) is 3.67. The minimum atomic E-state index is -0.880. The number of aromatic carboxylic acids is 1. The molecule has 4 rings (SSSR count). The summed E-state index contributed by atoms with van der Waals surface area (Å²) in [7, 11) is 0. The van der Waals surface area contributed by atoms with Gasteiger partial charge in [-0.2, -0.15) is 5.10 Å². The zero-order chi connectivity index (χ0) is 18.9. The molecule has 1 spiro atoms. The Bertz CT molecular complexity index is 822. The van der Waals surface area contributed by atoms with Crippen LogP contribution in [0.2, 0.25) is 0 Å². The molecule has 1 N–H and O–H groups in total. The number of ether oxygens (including phenoxy) is 1. The van der Waals surface area contributed by atoms with Crippen molar-refractivity contribution in [3.8, 4) is 0 Å². The predicted octanol–water partition coefficient (Wildman–Crippen LogP) is 2.51. The molecule has 0 radical (unpaired) electrons. The molecule has 1 fully saturated rings. The van der Waals surface area contributed by atoms with Crippen molar-refractivity contribution < 1.29 is 19.4 Å². The van der Waals surface area contributed by atoms with Crippen molar-refractivity contribution in [2.75, 3.05) is 19.7 Å². The number of hydrogen-bond donors (Lipinski definition) is 1. The second-order valence-electron chi connectivity index (χ2n) is 7.12. The van der Waals surface area contributed by atoms with Crippen LogP contribution in [-0.2, 0) is 28.1 Å². The average molecular weight is 389 g/mol. The van der Waals surface area contributed by atoms with E-state index in [-0.39, 0.29) is 5.91 Å². The third-order valence-corrected chi connectivity index (χ3v) is 6.79. The summed E-state index contributed by atoms with van der Waals surface area (Å²) in [5.74, 6) is -0.709. The van der Waals surface area contributed by atoms with Crippen LogP contribution in [0.15, 0.2) is 24.5 Å². The molecule has 0 aliphatic carbocycles. The smallest absolute Gasteiger partial charge is 0.345 e. The number of likely N-dealkylation sites (tertiary alicyclic amines) is 1. The summed E-state index contributed by atoms with van der Waals surface area (Å²) >= 11 is 1.33. The molecule has 7 nitrogen and oxygen atoms in total. The Morgan fingerprint density at radius 3 is 2.85 bits per heavy atom. The molecule has 0 atom stereocenters. The van der Waals surface area contributed by atoms with E-state index in [0.717, 1.165) is 42.7 Å². The highest BCUT2D eigenvalue weighted by Gasteiger charge is 2.43. The summed E-state index contributed by atoms with van der Waals surface area (Å²) in [6.07, 6.45) is 7.15. The summed E-state index contributed by atoms with van der Waals surface area (Å²) in [6.45, 7) is 2.66. The van der Waals surface area contributed by atoms with Crippen molar-refractivity contribution >= 4 is 23.2 Å². The van der Waals surface area contributed by atoms with E-state index in [1.165, 1.54) is 11.3 Å². The molecule has 2 aromatic heterocycles. The van der Waals surface area contributed by atoms with Crippen LogP contribution >= 0.6 is 11.3 Å². The monoisotopic (exact) mass is 389 g/mol. The number of thiophene rings is 1. The lowest BCUT2D eigenvalue weighted by Crippen LogP contribution is -2.47. The molecule has 0 aromatic carbocycles. The third-order valence-electron chi connectivity index (χ3n) is 5.44. The Kier molecular flexibility index (Phi) is 5.01. The number of nitrogens with zero attached hydrogens (tertiary/aromatic N) is 3. The molecule has 2 aliphatic rings. The molecule has 2 aromatic rings. The van der Waals surface area contributed by atoms with Gasteiger partial charge >= 0.3 is 5.97 Å². The van der Waals surface area contributed by atoms with Crippen molar-refractivity contribution in [3.05, 3.63) is 39.8 Å². The SMILES string of the molecule is O=C(O)c1cc2c(s1)C1(CCN(C(=O)CCCn3cccn3)CC1)OCC2. The molecule has 8 heteroatoms. The second kappa shape index (κ2) is 7.44. The van der Waals surface area contributed by atoms with Crippen LogP contribution in [0.3, 0.4) is 0 Å². The number of carbonyl (C=O) groups is 2. The maximum absolute atomic E-state index is 12.5. The lowest BCUT2D eigenvalue weighted by molar-refractivity contribution is -0.140. The highest BCUT2D eigenvalue weighted by atomic mass is 32.1. The van der Waals surface area contributed by atoms with Gasteiger partial charge in [0.15, 0.2) is 0 Å². The highest BCUT2D eigenvalue weighted by molar-refractivity contribution is 7.14. The molecule has 4 heterocycles. The van der Waals surface area contributed by atoms with Gasteiger partial charge in [-0.3, -0.25) is 9.48 Å². The Morgan fingerprint density at radius 2 is 2.15 bits per heavy atom. The van der Waals surface area contributed by atoms with Crippen molar-refractivity contribution in [2.45, 2.75) is 44.2 Å². The molecule has 144 valence electrons. The van der Waals surface area contributed by atoms with E-state index >= 15 is 0 Å². The number of piperidine rings is 1. The summed E-state index contributed by atoms with van der Waals surface area (Å²) < 4.78 is 7.99. The van der Waals surface area contributed by atoms with E-state index in [4.69, 9.17) is 4.74 Å². The number of hydrogen-bond acceptors (Lipinski definition) is 5. The number of amides is 1. The van der Waals surface area contributed by atoms with Crippen LogP contribution in [0, 0.1) is 0 Å². The first-order valence-electron chi connectivity index (χ1n) is 9.33. The van der Waals surface area contributed by atoms with Gasteiger partial charge in [0, 0.05) is 43.3 Å². The van der Waals surface area contributed by atoms with Crippen LogP contribution in [0.1, 0.15) is 45.8 Å². The predicted molar refractivity (Wildman–Crippen MR) is 99.9 cm³/mol. The Balaban J connectivity index is 1.36. The van der Waals surface area contributed by atoms with Crippen molar-refractivity contribution in [1.29, 1.82) is 0 Å². The van der Waals surface area contributed by atoms with Crippen LogP contribution < -0.4 is 0 Å². The van der Waals surface area contributed by atoms with E-state index in [1.807, 2.05) is 21.8 Å². The normalized spacial score (nSPS) is 18.4. The highest BCUT2D eigenvalue weighted by Crippen LogP contribution is 2.45. The third kappa shape index (κ3) is 3.64. The largest absolute Gasteiger partial charge is 0.477 e. The van der Waals surface area contributed by atoms with Crippen molar-refractivity contribution in [1.82, 2.24) is 14.7 Å². The van der Waals surface area contributed by atoms with Crippen LogP contribution in [-0.4, -0.2) is 51.4 Å². The average Bonchev–Trinajstić information content (AvgIpc) is 3.32. The molecular formula is C19H23N3O4S. The fraction of sp³-hybridized carbons (Fsp3) is 0.526. The second-order valence-corrected chi connectivity index (χ2v) is 8.17. The Morgan fingerprint density at radius 1 is 1.33 bits per heavy atom. The fourth-order valence-electron chi connectivity index (χ4n) is 4.00. The minimum absolute atomic E-state index is 0.172. The lowest BCUT2D eigenvalue weighted by atomic mass is 9.85. The fourth-order valence-corrected chi connectivity index (χ4v) is 5.25. The molecule has 0 bridgehead atoms. The Hall–Kier alpha value is -2.19. The zero-order valence-corrected chi connectivity index (χ0v) is 15.9. The van der Waals surface area contributed by atoms with Crippen LogP contribution in [0.4, 0.5) is 0 Å². The molecule has 1 amide bonds. The van der Waals surface area contributed by atoms with Gasteiger partial charge in [-0.15, -0.1) is 11.3 Å². The number of carboxylic acid groups (broad SMARTS) is 1. The zero-order valence-electron chi connectivity index (χ0n) is 15.1. The first-order chi connectivity index (χ1) is 13.1. The standard InChI is InChI=1S/C19H23N3O4S/c23-16(3-1-8-22-9-2-7-20-22)21-10-5-19(6-11-21)17-14(4-12-26-19)13-15(27-17)18(24)25/h2,7,9,13H,1,3-6,8,10-12H2,(H,24,25). The van der Waals surface area contributed by atoms with Gasteiger partial charge in [0.2, 0.25) is 5.91 Å². The number of fused-ring (bicyclic) bond motifs is 2. The van der Waals surface area contributed by atoms with Gasteiger partial charge in [-0.1, -0.05) is 0 Å². The summed E-state index contributed by atoms with van der Waals surface area (Å²) in [5.41, 5.74) is 0.681. The molecule has 27 heavy (non-hydrogen) atoms. The molecule has 2 aliphatic heterocycles. The van der Waals surface area contributed by atoms with E-state index in [1.54, 1.807) is 12.3 Å². The minimum Gasteiger partial charge on any atom is -0.477 e. The van der Waals surface area contributed by atoms with Gasteiger partial charge in [0.05, 0.1) is 6.61 Å². The number of carbonyl (C=O) groups excluding carboxylic acids is 1. The van der Waals surface area contributed by atoms with Crippen LogP contribution in [0.25, 0.3) is 0 Å². The van der Waals surface area contributed by atoms with Gasteiger partial charge in [0.25, 0.3) is 0 Å². The molecule has 0 unspecified atom stereocenters. The number of aromatic nitrogens is 2. The van der Waals surface area contributed by atoms with E-state index in [9.17, 15) is 14.7 Å². The van der Waals surface area contributed by atoms with E-state index < -0.39 is 11.6 Å². The Labute approximate surface area is 161 Å². The van der Waals surface area contributed by atoms with Gasteiger partial charge in [-0.25, -0.2) is 4.79 Å². The first-order valence-corrected chi connectivity index (χ1v) is 10.1. The maximum atomic E-state index is 12.5. The summed E-state index contributed by atoms with van der Waals surface area (Å²) in [5, 5.41) is 13.5. The molecule has 0 saturated carbocycles. The van der Waals surface area contributed by atoms with E-state index in [0.29, 0.717) is 31.0 Å². The van der Waals surface area contributed by atoms with Crippen LogP contribution in [0.5, 0.6) is 0 Å². The maximum Gasteiger partial charge on any atom is 0.345 e. The molecular weight excluding hydrogens is 366 g/mol. The quantitative estimate of drug-likeness (QED) is 0.849. The molecule has 1 saturated heterocycles. The number of rotatable bonds is 5. The first kappa shape index (κ1) is 18.2. The number of carboxylic acids is 1. The topological polar surface area (TPSA) is 84.7 Å². The lowest BCUT2D eigenvalue weighted by Gasteiger charge is -2.43. The number of aryl methyl sites for hydroxylation is 1. The summed E-state index contributed by atoms with van der Waals surface area (Å²) in [4.78, 5) is 27.2. The van der Waals surface area contributed by atoms with E-state index in [2.05, 4.69) is 5.10 Å².